The summed E-state index contributed by atoms with van der Waals surface area (Å²) in [6.07, 6.45) is 6.17. The molecule has 1 aromatic carbocycles. The second kappa shape index (κ2) is 8.60. The molecule has 0 spiro atoms. The Kier molecular flexibility index (Phi) is 5.66. The molecule has 0 unspecified atom stereocenters. The van der Waals surface area contributed by atoms with E-state index in [0.29, 0.717) is 31.0 Å². The highest BCUT2D eigenvalue weighted by Crippen LogP contribution is 2.34. The minimum atomic E-state index is -0.315. The molecule has 0 bridgehead atoms. The number of nitrogens with zero attached hydrogens (tertiary/aromatic N) is 4. The fourth-order valence-corrected chi connectivity index (χ4v) is 5.37. The second-order valence-electron chi connectivity index (χ2n) is 9.33. The quantitative estimate of drug-likeness (QED) is 0.729. The molecule has 2 aromatic rings. The van der Waals surface area contributed by atoms with Gasteiger partial charge in [0.2, 0.25) is 11.8 Å². The standard InChI is InChI=1S/C25H29FN4O2/c1-16-21-9-10-22(31)30(14-17-5-4-8-20(26)13-17)24(21)28-23(27-16)19-11-12-29(15-19)25(32)18-6-2-3-7-18/h4-5,8,13,18-19H,2-3,6-7,9-12,14-15H2,1H3/t19-/m0/s1. The van der Waals surface area contributed by atoms with Crippen LogP contribution in [0.15, 0.2) is 24.3 Å². The zero-order valence-corrected chi connectivity index (χ0v) is 18.5. The number of likely N-dealkylation sites (tertiary alicyclic amines) is 1. The number of carbonyl (C=O) groups excluding carboxylic acids is 2. The molecule has 1 aliphatic carbocycles. The average Bonchev–Trinajstić information content (AvgIpc) is 3.48. The topological polar surface area (TPSA) is 66.4 Å². The first-order valence-electron chi connectivity index (χ1n) is 11.7. The van der Waals surface area contributed by atoms with Crippen LogP contribution in [0.4, 0.5) is 10.2 Å². The average molecular weight is 437 g/mol. The molecular weight excluding hydrogens is 407 g/mol. The number of halogens is 1. The molecule has 7 heteroatoms. The Morgan fingerprint density at radius 1 is 1.16 bits per heavy atom. The summed E-state index contributed by atoms with van der Waals surface area (Å²) in [7, 11) is 0. The first-order chi connectivity index (χ1) is 15.5. The summed E-state index contributed by atoms with van der Waals surface area (Å²) >= 11 is 0. The fourth-order valence-electron chi connectivity index (χ4n) is 5.37. The molecule has 1 saturated carbocycles. The number of benzene rings is 1. The SMILES string of the molecule is Cc1nc([C@H]2CCN(C(=O)C3CCCC3)C2)nc2c1CCC(=O)N2Cc1cccc(F)c1. The summed E-state index contributed by atoms with van der Waals surface area (Å²) in [5.41, 5.74) is 2.61. The van der Waals surface area contributed by atoms with Gasteiger partial charge in [-0.25, -0.2) is 14.4 Å². The van der Waals surface area contributed by atoms with Crippen molar-refractivity contribution in [1.82, 2.24) is 14.9 Å². The van der Waals surface area contributed by atoms with Gasteiger partial charge in [-0.2, -0.15) is 0 Å². The number of anilines is 1. The Balaban J connectivity index is 1.40. The van der Waals surface area contributed by atoms with Crippen LogP contribution >= 0.6 is 0 Å². The van der Waals surface area contributed by atoms with Crippen molar-refractivity contribution in [2.24, 2.45) is 5.92 Å². The van der Waals surface area contributed by atoms with Crippen LogP contribution in [0.5, 0.6) is 0 Å². The van der Waals surface area contributed by atoms with E-state index in [1.807, 2.05) is 17.9 Å². The normalized spacial score (nSPS) is 21.3. The lowest BCUT2D eigenvalue weighted by Gasteiger charge is -2.30. The van der Waals surface area contributed by atoms with E-state index in [4.69, 9.17) is 9.97 Å². The molecule has 32 heavy (non-hydrogen) atoms. The minimum absolute atomic E-state index is 0.00438. The highest BCUT2D eigenvalue weighted by atomic mass is 19.1. The van der Waals surface area contributed by atoms with Crippen molar-refractivity contribution >= 4 is 17.6 Å². The van der Waals surface area contributed by atoms with Crippen LogP contribution in [0.25, 0.3) is 0 Å². The van der Waals surface area contributed by atoms with Gasteiger partial charge in [0.25, 0.3) is 0 Å². The molecule has 5 rings (SSSR count). The molecule has 3 heterocycles. The van der Waals surface area contributed by atoms with Crippen LogP contribution < -0.4 is 4.90 Å². The first kappa shape index (κ1) is 21.0. The van der Waals surface area contributed by atoms with Gasteiger partial charge in [0.05, 0.1) is 6.54 Å². The maximum absolute atomic E-state index is 13.7. The molecule has 2 aliphatic heterocycles. The monoisotopic (exact) mass is 436 g/mol. The van der Waals surface area contributed by atoms with Gasteiger partial charge in [-0.15, -0.1) is 0 Å². The predicted molar refractivity (Wildman–Crippen MR) is 119 cm³/mol. The molecule has 1 aromatic heterocycles. The summed E-state index contributed by atoms with van der Waals surface area (Å²) in [5.74, 6) is 1.58. The van der Waals surface area contributed by atoms with Crippen LogP contribution in [0.2, 0.25) is 0 Å². The van der Waals surface area contributed by atoms with Crippen LogP contribution in [-0.2, 0) is 22.6 Å². The van der Waals surface area contributed by atoms with Gasteiger partial charge in [-0.3, -0.25) is 14.5 Å². The van der Waals surface area contributed by atoms with Crippen LogP contribution in [0, 0.1) is 18.7 Å². The number of amides is 2. The molecule has 3 aliphatic rings. The van der Waals surface area contributed by atoms with E-state index in [1.54, 1.807) is 11.0 Å². The summed E-state index contributed by atoms with van der Waals surface area (Å²) in [6, 6.07) is 6.34. The number of hydrogen-bond acceptors (Lipinski definition) is 4. The van der Waals surface area contributed by atoms with Gasteiger partial charge in [-0.05, 0) is 50.3 Å². The number of fused-ring (bicyclic) bond motifs is 1. The Morgan fingerprint density at radius 3 is 2.75 bits per heavy atom. The highest BCUT2D eigenvalue weighted by molar-refractivity contribution is 5.95. The fraction of sp³-hybridized carbons (Fsp3) is 0.520. The van der Waals surface area contributed by atoms with Crippen molar-refractivity contribution in [3.05, 3.63) is 52.7 Å². The van der Waals surface area contributed by atoms with E-state index in [2.05, 4.69) is 0 Å². The molecule has 0 radical (unpaired) electrons. The number of aryl methyl sites for hydroxylation is 1. The maximum Gasteiger partial charge on any atom is 0.228 e. The first-order valence-corrected chi connectivity index (χ1v) is 11.7. The van der Waals surface area contributed by atoms with Gasteiger partial charge < -0.3 is 4.90 Å². The van der Waals surface area contributed by atoms with Gasteiger partial charge in [0, 0.05) is 42.6 Å². The summed E-state index contributed by atoms with van der Waals surface area (Å²) in [6.45, 7) is 3.64. The third-order valence-electron chi connectivity index (χ3n) is 7.15. The highest BCUT2D eigenvalue weighted by Gasteiger charge is 2.35. The lowest BCUT2D eigenvalue weighted by Crippen LogP contribution is -2.36. The summed E-state index contributed by atoms with van der Waals surface area (Å²) in [5, 5.41) is 0. The molecule has 1 atom stereocenters. The predicted octanol–water partition coefficient (Wildman–Crippen LogP) is 3.91. The van der Waals surface area contributed by atoms with Gasteiger partial charge >= 0.3 is 0 Å². The van der Waals surface area contributed by atoms with Crippen LogP contribution in [0.1, 0.15) is 67.1 Å². The molecule has 0 N–H and O–H groups in total. The van der Waals surface area contributed by atoms with E-state index >= 15 is 0 Å². The molecule has 2 fully saturated rings. The van der Waals surface area contributed by atoms with E-state index in [0.717, 1.165) is 55.5 Å². The van der Waals surface area contributed by atoms with Crippen molar-refractivity contribution < 1.29 is 14.0 Å². The van der Waals surface area contributed by atoms with Gasteiger partial charge in [-0.1, -0.05) is 25.0 Å². The third-order valence-corrected chi connectivity index (χ3v) is 7.15. The number of rotatable bonds is 4. The molecular formula is C25H29FN4O2. The Hall–Kier alpha value is -2.83. The molecule has 168 valence electrons. The Bertz CT molecular complexity index is 1050. The molecule has 1 saturated heterocycles. The van der Waals surface area contributed by atoms with Crippen LogP contribution in [-0.4, -0.2) is 39.8 Å². The third kappa shape index (κ3) is 4.00. The van der Waals surface area contributed by atoms with E-state index in [9.17, 15) is 14.0 Å². The second-order valence-corrected chi connectivity index (χ2v) is 9.33. The van der Waals surface area contributed by atoms with E-state index in [1.165, 1.54) is 12.1 Å². The lowest BCUT2D eigenvalue weighted by atomic mass is 10.0. The van der Waals surface area contributed by atoms with E-state index in [-0.39, 0.29) is 36.0 Å². The van der Waals surface area contributed by atoms with Crippen LogP contribution in [0.3, 0.4) is 0 Å². The lowest BCUT2D eigenvalue weighted by molar-refractivity contribution is -0.134. The van der Waals surface area contributed by atoms with Crippen molar-refractivity contribution in [3.63, 3.8) is 0 Å². The summed E-state index contributed by atoms with van der Waals surface area (Å²) in [4.78, 5) is 39.0. The Morgan fingerprint density at radius 2 is 1.97 bits per heavy atom. The number of carbonyl (C=O) groups is 2. The largest absolute Gasteiger partial charge is 0.342 e. The zero-order valence-electron chi connectivity index (χ0n) is 18.5. The van der Waals surface area contributed by atoms with E-state index < -0.39 is 0 Å². The van der Waals surface area contributed by atoms with Crippen molar-refractivity contribution in [3.8, 4) is 0 Å². The van der Waals surface area contributed by atoms with Gasteiger partial charge in [0.15, 0.2) is 0 Å². The van der Waals surface area contributed by atoms with Crippen molar-refractivity contribution in [1.29, 1.82) is 0 Å². The summed E-state index contributed by atoms with van der Waals surface area (Å²) < 4.78 is 13.7. The van der Waals surface area contributed by atoms with Crippen molar-refractivity contribution in [2.75, 3.05) is 18.0 Å². The molecule has 6 nitrogen and oxygen atoms in total. The zero-order chi connectivity index (χ0) is 22.2. The van der Waals surface area contributed by atoms with Crippen molar-refractivity contribution in [2.45, 2.75) is 64.3 Å². The maximum atomic E-state index is 13.7. The number of hydrogen-bond donors (Lipinski definition) is 0. The Labute approximate surface area is 187 Å². The smallest absolute Gasteiger partial charge is 0.228 e. The number of aromatic nitrogens is 2. The minimum Gasteiger partial charge on any atom is -0.342 e. The van der Waals surface area contributed by atoms with Gasteiger partial charge in [0.1, 0.15) is 17.5 Å². The molecule has 2 amide bonds.